The van der Waals surface area contributed by atoms with E-state index in [2.05, 4.69) is 54.1 Å². The van der Waals surface area contributed by atoms with E-state index in [0.717, 1.165) is 0 Å². The summed E-state index contributed by atoms with van der Waals surface area (Å²) in [6.07, 6.45) is 3.40. The fourth-order valence-electron chi connectivity index (χ4n) is 1.88. The zero-order chi connectivity index (χ0) is 11.2. The first-order valence-corrected chi connectivity index (χ1v) is 7.76. The molecule has 1 unspecified atom stereocenters. The molecular weight excluding hydrogens is 232 g/mol. The van der Waals surface area contributed by atoms with Gasteiger partial charge in [-0.1, -0.05) is 36.4 Å². The molecule has 0 aliphatic heterocycles. The van der Waals surface area contributed by atoms with Gasteiger partial charge in [0.1, 0.15) is 0 Å². The molecule has 2 aromatic rings. The average Bonchev–Trinajstić information content (AvgIpc) is 2.85. The molecule has 0 saturated heterocycles. The summed E-state index contributed by atoms with van der Waals surface area (Å²) in [5.41, 5.74) is 1.44. The molecule has 0 radical (unpaired) electrons. The van der Waals surface area contributed by atoms with Crippen LogP contribution in [0.4, 0.5) is 0 Å². The number of benzene rings is 1. The van der Waals surface area contributed by atoms with Crippen LogP contribution in [0, 0.1) is 0 Å². The van der Waals surface area contributed by atoms with E-state index in [1.165, 1.54) is 22.6 Å². The Morgan fingerprint density at radius 3 is 2.56 bits per heavy atom. The molecule has 1 atom stereocenters. The van der Waals surface area contributed by atoms with E-state index in [-0.39, 0.29) is 0 Å². The molecular formula is C14H16S2. The maximum Gasteiger partial charge on any atom is 0.0191 e. The number of thiophene rings is 1. The van der Waals surface area contributed by atoms with Gasteiger partial charge in [-0.2, -0.15) is 11.8 Å². The highest BCUT2D eigenvalue weighted by atomic mass is 32.2. The van der Waals surface area contributed by atoms with Gasteiger partial charge in [-0.25, -0.2) is 0 Å². The van der Waals surface area contributed by atoms with Crippen LogP contribution in [-0.4, -0.2) is 12.0 Å². The smallest absolute Gasteiger partial charge is 0.0191 e. The van der Waals surface area contributed by atoms with Crippen LogP contribution in [0.15, 0.2) is 47.8 Å². The summed E-state index contributed by atoms with van der Waals surface area (Å²) in [6.45, 7) is 0. The van der Waals surface area contributed by atoms with Crippen molar-refractivity contribution in [2.45, 2.75) is 12.3 Å². The van der Waals surface area contributed by atoms with E-state index in [1.54, 1.807) is 0 Å². The summed E-state index contributed by atoms with van der Waals surface area (Å²) in [6, 6.07) is 15.2. The Hall–Kier alpha value is -0.730. The van der Waals surface area contributed by atoms with Gasteiger partial charge in [0.2, 0.25) is 0 Å². The zero-order valence-electron chi connectivity index (χ0n) is 9.43. The lowest BCUT2D eigenvalue weighted by molar-refractivity contribution is 0.801. The van der Waals surface area contributed by atoms with Gasteiger partial charge < -0.3 is 0 Å². The molecule has 0 amide bonds. The van der Waals surface area contributed by atoms with Crippen LogP contribution in [-0.2, 0) is 0 Å². The number of hydrogen-bond acceptors (Lipinski definition) is 2. The molecule has 0 aliphatic rings. The molecule has 1 aromatic heterocycles. The summed E-state index contributed by atoms with van der Waals surface area (Å²) < 4.78 is 0. The minimum Gasteiger partial charge on any atom is -0.165 e. The second-order valence-electron chi connectivity index (χ2n) is 3.76. The van der Waals surface area contributed by atoms with E-state index in [1.807, 2.05) is 23.1 Å². The van der Waals surface area contributed by atoms with Crippen molar-refractivity contribution in [1.82, 2.24) is 0 Å². The fourth-order valence-corrected chi connectivity index (χ4v) is 3.24. The van der Waals surface area contributed by atoms with Crippen LogP contribution in [0.1, 0.15) is 22.8 Å². The van der Waals surface area contributed by atoms with Crippen LogP contribution in [0.5, 0.6) is 0 Å². The summed E-state index contributed by atoms with van der Waals surface area (Å²) in [5, 5.41) is 2.17. The van der Waals surface area contributed by atoms with E-state index in [4.69, 9.17) is 0 Å². The third-order valence-electron chi connectivity index (χ3n) is 2.70. The van der Waals surface area contributed by atoms with E-state index >= 15 is 0 Å². The van der Waals surface area contributed by atoms with Gasteiger partial charge >= 0.3 is 0 Å². The van der Waals surface area contributed by atoms with Gasteiger partial charge in [0.25, 0.3) is 0 Å². The van der Waals surface area contributed by atoms with Crippen molar-refractivity contribution in [1.29, 1.82) is 0 Å². The SMILES string of the molecule is CSCCC(c1ccccc1)c1cccs1. The van der Waals surface area contributed by atoms with E-state index < -0.39 is 0 Å². The Kier molecular flexibility index (Phi) is 4.49. The Bertz CT molecular complexity index is 392. The molecule has 1 aromatic carbocycles. The normalized spacial score (nSPS) is 12.6. The summed E-state index contributed by atoms with van der Waals surface area (Å²) in [4.78, 5) is 1.49. The number of hydrogen-bond donors (Lipinski definition) is 0. The molecule has 2 rings (SSSR count). The quantitative estimate of drug-likeness (QED) is 0.743. The van der Waals surface area contributed by atoms with Gasteiger partial charge in [-0.15, -0.1) is 11.3 Å². The summed E-state index contributed by atoms with van der Waals surface area (Å²) >= 11 is 3.79. The van der Waals surface area contributed by atoms with Crippen molar-refractivity contribution in [3.63, 3.8) is 0 Å². The van der Waals surface area contributed by atoms with Crippen LogP contribution in [0.3, 0.4) is 0 Å². The highest BCUT2D eigenvalue weighted by Crippen LogP contribution is 2.31. The van der Waals surface area contributed by atoms with Crippen molar-refractivity contribution in [3.8, 4) is 0 Å². The Balaban J connectivity index is 2.21. The van der Waals surface area contributed by atoms with E-state index in [9.17, 15) is 0 Å². The molecule has 0 bridgehead atoms. The molecule has 1 heterocycles. The standard InChI is InChI=1S/C14H16S2/c1-15-11-9-13(14-8-5-10-16-14)12-6-3-2-4-7-12/h2-8,10,13H,9,11H2,1H3. The third kappa shape index (κ3) is 2.89. The van der Waals surface area contributed by atoms with Crippen molar-refractivity contribution in [3.05, 3.63) is 58.3 Å². The predicted octanol–water partition coefficient (Wildman–Crippen LogP) is 4.63. The molecule has 0 fully saturated rings. The Morgan fingerprint density at radius 1 is 1.12 bits per heavy atom. The minimum atomic E-state index is 0.577. The minimum absolute atomic E-state index is 0.577. The first kappa shape index (κ1) is 11.7. The fraction of sp³-hybridized carbons (Fsp3) is 0.286. The molecule has 0 nitrogen and oxygen atoms in total. The summed E-state index contributed by atoms with van der Waals surface area (Å²) in [7, 11) is 0. The van der Waals surface area contributed by atoms with Gasteiger partial charge in [0.05, 0.1) is 0 Å². The maximum absolute atomic E-state index is 2.25. The predicted molar refractivity (Wildman–Crippen MR) is 75.6 cm³/mol. The number of rotatable bonds is 5. The highest BCUT2D eigenvalue weighted by molar-refractivity contribution is 7.98. The lowest BCUT2D eigenvalue weighted by atomic mass is 9.95. The topological polar surface area (TPSA) is 0 Å². The van der Waals surface area contributed by atoms with Gasteiger partial charge in [-0.05, 0) is 35.4 Å². The molecule has 0 aliphatic carbocycles. The molecule has 2 heteroatoms. The molecule has 0 saturated carbocycles. The van der Waals surface area contributed by atoms with Crippen LogP contribution < -0.4 is 0 Å². The average molecular weight is 248 g/mol. The second kappa shape index (κ2) is 6.12. The molecule has 0 N–H and O–H groups in total. The van der Waals surface area contributed by atoms with Gasteiger partial charge in [0, 0.05) is 10.8 Å². The first-order chi connectivity index (χ1) is 7.92. The summed E-state index contributed by atoms with van der Waals surface area (Å²) in [5.74, 6) is 1.80. The Labute approximate surface area is 106 Å². The lowest BCUT2D eigenvalue weighted by Gasteiger charge is -2.15. The maximum atomic E-state index is 2.25. The zero-order valence-corrected chi connectivity index (χ0v) is 11.1. The van der Waals surface area contributed by atoms with Crippen molar-refractivity contribution < 1.29 is 0 Å². The van der Waals surface area contributed by atoms with Gasteiger partial charge in [-0.3, -0.25) is 0 Å². The van der Waals surface area contributed by atoms with Crippen LogP contribution in [0.2, 0.25) is 0 Å². The third-order valence-corrected chi connectivity index (χ3v) is 4.33. The number of thioether (sulfide) groups is 1. The van der Waals surface area contributed by atoms with Crippen LogP contribution in [0.25, 0.3) is 0 Å². The van der Waals surface area contributed by atoms with Crippen molar-refractivity contribution in [2.24, 2.45) is 0 Å². The molecule has 16 heavy (non-hydrogen) atoms. The molecule has 0 spiro atoms. The highest BCUT2D eigenvalue weighted by Gasteiger charge is 2.13. The lowest BCUT2D eigenvalue weighted by Crippen LogP contribution is -2.00. The first-order valence-electron chi connectivity index (χ1n) is 5.49. The van der Waals surface area contributed by atoms with Crippen molar-refractivity contribution >= 4 is 23.1 Å². The van der Waals surface area contributed by atoms with Crippen molar-refractivity contribution in [2.75, 3.05) is 12.0 Å². The largest absolute Gasteiger partial charge is 0.165 e. The van der Waals surface area contributed by atoms with Crippen LogP contribution >= 0.6 is 23.1 Å². The monoisotopic (exact) mass is 248 g/mol. The second-order valence-corrected chi connectivity index (χ2v) is 5.73. The van der Waals surface area contributed by atoms with Gasteiger partial charge in [0.15, 0.2) is 0 Å². The van der Waals surface area contributed by atoms with E-state index in [0.29, 0.717) is 5.92 Å². The molecule has 84 valence electrons. The Morgan fingerprint density at radius 2 is 1.94 bits per heavy atom.